The summed E-state index contributed by atoms with van der Waals surface area (Å²) in [6.07, 6.45) is 4.99. The summed E-state index contributed by atoms with van der Waals surface area (Å²) in [6, 6.07) is 9.14. The summed E-state index contributed by atoms with van der Waals surface area (Å²) >= 11 is 7.51. The molecule has 1 aliphatic heterocycles. The molecule has 7 nitrogen and oxygen atoms in total. The van der Waals surface area contributed by atoms with Gasteiger partial charge in [-0.1, -0.05) is 29.0 Å². The number of rotatable bonds is 5. The molecular weight excluding hydrogens is 398 g/mol. The predicted octanol–water partition coefficient (Wildman–Crippen LogP) is 4.30. The number of carboxylic acids is 1. The quantitative estimate of drug-likeness (QED) is 0.641. The first-order chi connectivity index (χ1) is 13.6. The number of hydrogen-bond donors (Lipinski definition) is 2. The highest BCUT2D eigenvalue weighted by Gasteiger charge is 2.27. The normalized spacial score (nSPS) is 16.8. The molecule has 1 atom stereocenters. The van der Waals surface area contributed by atoms with Crippen molar-refractivity contribution >= 4 is 45.7 Å². The lowest BCUT2D eigenvalue weighted by Gasteiger charge is -2.30. The third-order valence-electron chi connectivity index (χ3n) is 4.51. The van der Waals surface area contributed by atoms with Gasteiger partial charge in [0.1, 0.15) is 11.6 Å². The highest BCUT2D eigenvalue weighted by molar-refractivity contribution is 7.18. The molecule has 0 saturated carbocycles. The number of halogens is 1. The van der Waals surface area contributed by atoms with E-state index in [1.165, 1.54) is 11.3 Å². The standard InChI is InChI=1S/C19H18ClN5O2S/c20-13-6-7-21-17(9-13)24-16-5-1-4-14(23-16)15-10-22-19(28-15)25-8-2-3-12(11-25)18(26)27/h1,4-7,9-10,12H,2-3,8,11H2,(H,26,27)(H,21,23,24). The smallest absolute Gasteiger partial charge is 0.308 e. The molecule has 0 amide bonds. The lowest BCUT2D eigenvalue weighted by atomic mass is 9.99. The van der Waals surface area contributed by atoms with Crippen molar-refractivity contribution in [3.8, 4) is 10.6 Å². The number of carbonyl (C=O) groups is 1. The first-order valence-electron chi connectivity index (χ1n) is 8.88. The summed E-state index contributed by atoms with van der Waals surface area (Å²) in [5.41, 5.74) is 0.794. The van der Waals surface area contributed by atoms with E-state index in [9.17, 15) is 9.90 Å². The van der Waals surface area contributed by atoms with Gasteiger partial charge in [0.25, 0.3) is 0 Å². The number of aromatic nitrogens is 3. The van der Waals surface area contributed by atoms with Crippen LogP contribution in [0.2, 0.25) is 5.02 Å². The van der Waals surface area contributed by atoms with Crippen LogP contribution in [0.15, 0.2) is 42.7 Å². The molecule has 0 spiro atoms. The first-order valence-corrected chi connectivity index (χ1v) is 10.1. The van der Waals surface area contributed by atoms with Gasteiger partial charge in [0.2, 0.25) is 0 Å². The van der Waals surface area contributed by atoms with Gasteiger partial charge < -0.3 is 15.3 Å². The highest BCUT2D eigenvalue weighted by Crippen LogP contribution is 2.33. The van der Waals surface area contributed by atoms with Crippen LogP contribution in [0.3, 0.4) is 0 Å². The maximum absolute atomic E-state index is 11.3. The van der Waals surface area contributed by atoms with Crippen molar-refractivity contribution in [2.75, 3.05) is 23.3 Å². The predicted molar refractivity (Wildman–Crippen MR) is 110 cm³/mol. The molecule has 3 aromatic rings. The molecule has 1 saturated heterocycles. The Morgan fingerprint density at radius 3 is 3.00 bits per heavy atom. The van der Waals surface area contributed by atoms with Gasteiger partial charge in [-0.2, -0.15) is 0 Å². The van der Waals surface area contributed by atoms with Gasteiger partial charge in [-0.15, -0.1) is 0 Å². The second-order valence-electron chi connectivity index (χ2n) is 6.52. The van der Waals surface area contributed by atoms with Crippen LogP contribution in [-0.4, -0.2) is 39.1 Å². The molecule has 9 heteroatoms. The summed E-state index contributed by atoms with van der Waals surface area (Å²) in [7, 11) is 0. The van der Waals surface area contributed by atoms with Crippen LogP contribution < -0.4 is 10.2 Å². The van der Waals surface area contributed by atoms with Crippen LogP contribution in [-0.2, 0) is 4.79 Å². The molecule has 0 aromatic carbocycles. The van der Waals surface area contributed by atoms with Crippen molar-refractivity contribution < 1.29 is 9.90 Å². The number of aliphatic carboxylic acids is 1. The van der Waals surface area contributed by atoms with Gasteiger partial charge in [0.05, 0.1) is 16.5 Å². The third-order valence-corrected chi connectivity index (χ3v) is 5.83. The fourth-order valence-electron chi connectivity index (χ4n) is 3.13. The second-order valence-corrected chi connectivity index (χ2v) is 7.97. The number of pyridine rings is 2. The molecule has 1 unspecified atom stereocenters. The van der Waals surface area contributed by atoms with E-state index in [4.69, 9.17) is 11.6 Å². The van der Waals surface area contributed by atoms with E-state index < -0.39 is 5.97 Å². The Bertz CT molecular complexity index is 996. The first kappa shape index (κ1) is 18.6. The van der Waals surface area contributed by atoms with E-state index in [0.29, 0.717) is 23.2 Å². The van der Waals surface area contributed by atoms with Crippen LogP contribution in [0.25, 0.3) is 10.6 Å². The van der Waals surface area contributed by atoms with Crippen molar-refractivity contribution in [2.24, 2.45) is 5.92 Å². The van der Waals surface area contributed by atoms with Gasteiger partial charge >= 0.3 is 5.97 Å². The van der Waals surface area contributed by atoms with Gasteiger partial charge in [0.15, 0.2) is 5.13 Å². The number of anilines is 3. The van der Waals surface area contributed by atoms with Gasteiger partial charge in [-0.05, 0) is 37.1 Å². The summed E-state index contributed by atoms with van der Waals surface area (Å²) in [4.78, 5) is 27.6. The molecular formula is C19H18ClN5O2S. The molecule has 28 heavy (non-hydrogen) atoms. The van der Waals surface area contributed by atoms with E-state index in [1.807, 2.05) is 18.2 Å². The molecule has 0 aliphatic carbocycles. The van der Waals surface area contributed by atoms with E-state index in [1.54, 1.807) is 24.5 Å². The molecule has 0 bridgehead atoms. The Morgan fingerprint density at radius 1 is 1.29 bits per heavy atom. The minimum atomic E-state index is -0.739. The lowest BCUT2D eigenvalue weighted by Crippen LogP contribution is -2.38. The Kier molecular flexibility index (Phi) is 5.40. The SMILES string of the molecule is O=C(O)C1CCCN(c2ncc(-c3cccc(Nc4cc(Cl)ccn4)n3)s2)C1. The average molecular weight is 416 g/mol. The monoisotopic (exact) mass is 415 g/mol. The summed E-state index contributed by atoms with van der Waals surface area (Å²) in [5, 5.41) is 13.9. The molecule has 2 N–H and O–H groups in total. The second kappa shape index (κ2) is 8.12. The van der Waals surface area contributed by atoms with Crippen molar-refractivity contribution in [1.82, 2.24) is 15.0 Å². The van der Waals surface area contributed by atoms with Crippen molar-refractivity contribution in [3.05, 3.63) is 47.7 Å². The van der Waals surface area contributed by atoms with Crippen LogP contribution in [0, 0.1) is 5.92 Å². The molecule has 1 fully saturated rings. The Labute approximate surface area is 171 Å². The summed E-state index contributed by atoms with van der Waals surface area (Å²) in [5.74, 6) is 0.204. The lowest BCUT2D eigenvalue weighted by molar-refractivity contribution is -0.141. The number of carboxylic acid groups (broad SMARTS) is 1. The maximum Gasteiger partial charge on any atom is 0.308 e. The minimum Gasteiger partial charge on any atom is -0.481 e. The Balaban J connectivity index is 1.51. The van der Waals surface area contributed by atoms with Gasteiger partial charge in [0, 0.05) is 30.5 Å². The fourth-order valence-corrected chi connectivity index (χ4v) is 4.21. The molecule has 144 valence electrons. The highest BCUT2D eigenvalue weighted by atomic mass is 35.5. The molecule has 4 rings (SSSR count). The van der Waals surface area contributed by atoms with Crippen LogP contribution in [0.5, 0.6) is 0 Å². The molecule has 1 aliphatic rings. The number of nitrogens with zero attached hydrogens (tertiary/aromatic N) is 4. The van der Waals surface area contributed by atoms with Gasteiger partial charge in [-0.25, -0.2) is 15.0 Å². The van der Waals surface area contributed by atoms with Crippen molar-refractivity contribution in [3.63, 3.8) is 0 Å². The van der Waals surface area contributed by atoms with E-state index in [0.717, 1.165) is 35.1 Å². The minimum absolute atomic E-state index is 0.336. The fraction of sp³-hybridized carbons (Fsp3) is 0.263. The van der Waals surface area contributed by atoms with Crippen molar-refractivity contribution in [1.29, 1.82) is 0 Å². The maximum atomic E-state index is 11.3. The third kappa shape index (κ3) is 4.23. The number of piperidine rings is 1. The van der Waals surface area contributed by atoms with E-state index in [2.05, 4.69) is 25.2 Å². The van der Waals surface area contributed by atoms with E-state index in [-0.39, 0.29) is 5.92 Å². The van der Waals surface area contributed by atoms with Crippen LogP contribution in [0.4, 0.5) is 16.8 Å². The number of nitrogens with one attached hydrogen (secondary N) is 1. The zero-order valence-corrected chi connectivity index (χ0v) is 16.5. The van der Waals surface area contributed by atoms with Crippen molar-refractivity contribution in [2.45, 2.75) is 12.8 Å². The van der Waals surface area contributed by atoms with Crippen LogP contribution >= 0.6 is 22.9 Å². The molecule has 4 heterocycles. The van der Waals surface area contributed by atoms with E-state index >= 15 is 0 Å². The molecule has 0 radical (unpaired) electrons. The van der Waals surface area contributed by atoms with Gasteiger partial charge in [-0.3, -0.25) is 4.79 Å². The number of hydrogen-bond acceptors (Lipinski definition) is 7. The zero-order valence-electron chi connectivity index (χ0n) is 14.9. The molecule has 3 aromatic heterocycles. The number of thiazole rings is 1. The Hall–Kier alpha value is -2.71. The average Bonchev–Trinajstić information content (AvgIpc) is 3.19. The largest absolute Gasteiger partial charge is 0.481 e. The zero-order chi connectivity index (χ0) is 19.5. The summed E-state index contributed by atoms with van der Waals surface area (Å²) in [6.45, 7) is 1.32. The summed E-state index contributed by atoms with van der Waals surface area (Å²) < 4.78 is 0. The van der Waals surface area contributed by atoms with Crippen LogP contribution in [0.1, 0.15) is 12.8 Å². The topological polar surface area (TPSA) is 91.2 Å². The Morgan fingerprint density at radius 2 is 2.18 bits per heavy atom.